The summed E-state index contributed by atoms with van der Waals surface area (Å²) < 4.78 is 4.98. The second-order valence-corrected chi connectivity index (χ2v) is 4.99. The van der Waals surface area contributed by atoms with Crippen LogP contribution in [-0.4, -0.2) is 46.4 Å². The Morgan fingerprint density at radius 1 is 1.58 bits per heavy atom. The van der Waals surface area contributed by atoms with Crippen LogP contribution in [0.15, 0.2) is 10.6 Å². The largest absolute Gasteiger partial charge is 0.361 e. The number of likely N-dealkylation sites (N-methyl/N-ethyl adjacent to an activating group) is 1. The molecule has 19 heavy (non-hydrogen) atoms. The molecule has 0 radical (unpaired) electrons. The fourth-order valence-corrected chi connectivity index (χ4v) is 2.47. The first kappa shape index (κ1) is 13.6. The molecule has 1 aliphatic heterocycles. The number of aryl methyl sites for hydroxylation is 1. The van der Waals surface area contributed by atoms with Crippen LogP contribution in [0.3, 0.4) is 0 Å². The molecule has 2 amide bonds. The number of amides is 2. The molecule has 1 aliphatic rings. The summed E-state index contributed by atoms with van der Waals surface area (Å²) >= 11 is 0. The molecule has 6 heteroatoms. The van der Waals surface area contributed by atoms with Crippen LogP contribution >= 0.6 is 0 Å². The zero-order valence-corrected chi connectivity index (χ0v) is 11.5. The van der Waals surface area contributed by atoms with E-state index >= 15 is 0 Å². The van der Waals surface area contributed by atoms with E-state index in [1.165, 1.54) is 6.92 Å². The van der Waals surface area contributed by atoms with E-state index in [-0.39, 0.29) is 17.9 Å². The van der Waals surface area contributed by atoms with Crippen molar-refractivity contribution in [2.45, 2.75) is 39.3 Å². The highest BCUT2D eigenvalue weighted by atomic mass is 16.5. The van der Waals surface area contributed by atoms with Crippen molar-refractivity contribution in [1.82, 2.24) is 15.0 Å². The van der Waals surface area contributed by atoms with Crippen LogP contribution in [0.1, 0.15) is 31.2 Å². The molecule has 0 saturated carbocycles. The number of carbonyl (C=O) groups excluding carboxylic acids is 2. The van der Waals surface area contributed by atoms with Gasteiger partial charge in [-0.05, 0) is 19.8 Å². The Hall–Kier alpha value is -1.85. The molecule has 2 rings (SSSR count). The van der Waals surface area contributed by atoms with Gasteiger partial charge in [0.25, 0.3) is 0 Å². The molecule has 0 aromatic carbocycles. The third-order valence-electron chi connectivity index (χ3n) is 3.39. The lowest BCUT2D eigenvalue weighted by atomic mass is 10.2. The van der Waals surface area contributed by atoms with E-state index in [1.54, 1.807) is 22.9 Å². The Balaban J connectivity index is 2.00. The van der Waals surface area contributed by atoms with E-state index in [1.807, 2.05) is 6.92 Å². The topological polar surface area (TPSA) is 66.7 Å². The van der Waals surface area contributed by atoms with E-state index in [4.69, 9.17) is 4.52 Å². The highest BCUT2D eigenvalue weighted by molar-refractivity contribution is 5.87. The van der Waals surface area contributed by atoms with Crippen LogP contribution < -0.4 is 0 Å². The highest BCUT2D eigenvalue weighted by Crippen LogP contribution is 2.19. The van der Waals surface area contributed by atoms with E-state index in [2.05, 4.69) is 5.16 Å². The van der Waals surface area contributed by atoms with Crippen molar-refractivity contribution in [2.24, 2.45) is 0 Å². The minimum absolute atomic E-state index is 0.0339. The summed E-state index contributed by atoms with van der Waals surface area (Å²) in [5.74, 6) is 0.650. The van der Waals surface area contributed by atoms with Gasteiger partial charge >= 0.3 is 0 Å². The zero-order chi connectivity index (χ0) is 14.0. The van der Waals surface area contributed by atoms with Crippen LogP contribution in [-0.2, 0) is 16.1 Å². The number of carbonyl (C=O) groups is 2. The summed E-state index contributed by atoms with van der Waals surface area (Å²) in [4.78, 5) is 27.1. The maximum atomic E-state index is 12.3. The first-order valence-corrected chi connectivity index (χ1v) is 6.43. The number of likely N-dealkylation sites (tertiary alicyclic amines) is 1. The number of hydrogen-bond acceptors (Lipinski definition) is 4. The molecule has 104 valence electrons. The summed E-state index contributed by atoms with van der Waals surface area (Å²) in [5, 5.41) is 3.87. The molecule has 1 aromatic heterocycles. The molecular weight excluding hydrogens is 246 g/mol. The van der Waals surface area contributed by atoms with Gasteiger partial charge in [-0.1, -0.05) is 5.16 Å². The van der Waals surface area contributed by atoms with E-state index in [0.717, 1.165) is 24.3 Å². The molecular formula is C13H19N3O3. The third kappa shape index (κ3) is 2.94. The quantitative estimate of drug-likeness (QED) is 0.816. The second-order valence-electron chi connectivity index (χ2n) is 4.99. The van der Waals surface area contributed by atoms with Crippen LogP contribution in [0.2, 0.25) is 0 Å². The van der Waals surface area contributed by atoms with Gasteiger partial charge in [-0.3, -0.25) is 9.59 Å². The highest BCUT2D eigenvalue weighted by Gasteiger charge is 2.34. The predicted molar refractivity (Wildman–Crippen MR) is 68.1 cm³/mol. The lowest BCUT2D eigenvalue weighted by Crippen LogP contribution is -2.45. The first-order chi connectivity index (χ1) is 8.99. The standard InChI is InChI=1S/C13H19N3O3/c1-9-7-11(14-19-9)8-15(3)13(18)12-5-4-6-16(12)10(2)17/h7,12H,4-6,8H2,1-3H3/t12-/m0/s1. The summed E-state index contributed by atoms with van der Waals surface area (Å²) in [6.45, 7) is 4.39. The SMILES string of the molecule is CC(=O)N1CCC[C@H]1C(=O)N(C)Cc1cc(C)on1. The Bertz CT molecular complexity index is 483. The minimum Gasteiger partial charge on any atom is -0.361 e. The van der Waals surface area contributed by atoms with Gasteiger partial charge in [0, 0.05) is 26.6 Å². The van der Waals surface area contributed by atoms with Crippen molar-refractivity contribution in [3.63, 3.8) is 0 Å². The molecule has 0 unspecified atom stereocenters. The van der Waals surface area contributed by atoms with Crippen molar-refractivity contribution in [2.75, 3.05) is 13.6 Å². The average molecular weight is 265 g/mol. The van der Waals surface area contributed by atoms with Gasteiger partial charge in [0.1, 0.15) is 17.5 Å². The van der Waals surface area contributed by atoms with Crippen molar-refractivity contribution in [3.8, 4) is 0 Å². The molecule has 0 aliphatic carbocycles. The predicted octanol–water partition coefficient (Wildman–Crippen LogP) is 0.952. The van der Waals surface area contributed by atoms with Crippen molar-refractivity contribution in [3.05, 3.63) is 17.5 Å². The number of rotatable bonds is 3. The smallest absolute Gasteiger partial charge is 0.245 e. The Kier molecular flexibility index (Phi) is 3.87. The van der Waals surface area contributed by atoms with Crippen molar-refractivity contribution in [1.29, 1.82) is 0 Å². The number of aromatic nitrogens is 1. The van der Waals surface area contributed by atoms with E-state index in [9.17, 15) is 9.59 Å². The van der Waals surface area contributed by atoms with Gasteiger partial charge in [-0.15, -0.1) is 0 Å². The summed E-state index contributed by atoms with van der Waals surface area (Å²) in [6.07, 6.45) is 1.62. The molecule has 1 saturated heterocycles. The maximum absolute atomic E-state index is 12.3. The van der Waals surface area contributed by atoms with Crippen LogP contribution in [0.4, 0.5) is 0 Å². The Morgan fingerprint density at radius 2 is 2.32 bits per heavy atom. The fraction of sp³-hybridized carbons (Fsp3) is 0.615. The van der Waals surface area contributed by atoms with E-state index < -0.39 is 0 Å². The molecule has 0 bridgehead atoms. The molecule has 2 heterocycles. The zero-order valence-electron chi connectivity index (χ0n) is 11.5. The molecule has 0 spiro atoms. The lowest BCUT2D eigenvalue weighted by molar-refractivity contribution is -0.142. The Labute approximate surface area is 112 Å². The first-order valence-electron chi connectivity index (χ1n) is 6.43. The van der Waals surface area contributed by atoms with Gasteiger partial charge in [-0.25, -0.2) is 0 Å². The van der Waals surface area contributed by atoms with Crippen LogP contribution in [0.5, 0.6) is 0 Å². The molecule has 1 atom stereocenters. The normalized spacial score (nSPS) is 18.7. The number of hydrogen-bond donors (Lipinski definition) is 0. The maximum Gasteiger partial charge on any atom is 0.245 e. The fourth-order valence-electron chi connectivity index (χ4n) is 2.47. The van der Waals surface area contributed by atoms with E-state index in [0.29, 0.717) is 13.1 Å². The number of nitrogens with zero attached hydrogens (tertiary/aromatic N) is 3. The second kappa shape index (κ2) is 5.42. The molecule has 6 nitrogen and oxygen atoms in total. The summed E-state index contributed by atoms with van der Waals surface area (Å²) in [7, 11) is 1.73. The summed E-state index contributed by atoms with van der Waals surface area (Å²) in [6, 6.07) is 1.48. The minimum atomic E-state index is -0.324. The van der Waals surface area contributed by atoms with Gasteiger partial charge in [-0.2, -0.15) is 0 Å². The van der Waals surface area contributed by atoms with Gasteiger partial charge in [0.15, 0.2) is 0 Å². The Morgan fingerprint density at radius 3 is 2.89 bits per heavy atom. The molecule has 1 fully saturated rings. The van der Waals surface area contributed by atoms with Gasteiger partial charge in [0.05, 0.1) is 6.54 Å². The lowest BCUT2D eigenvalue weighted by Gasteiger charge is -2.26. The van der Waals surface area contributed by atoms with Crippen molar-refractivity contribution >= 4 is 11.8 Å². The molecule has 1 aromatic rings. The monoisotopic (exact) mass is 265 g/mol. The van der Waals surface area contributed by atoms with Crippen LogP contribution in [0, 0.1) is 6.92 Å². The van der Waals surface area contributed by atoms with Gasteiger partial charge in [0.2, 0.25) is 11.8 Å². The van der Waals surface area contributed by atoms with Crippen molar-refractivity contribution < 1.29 is 14.1 Å². The average Bonchev–Trinajstić information content (AvgIpc) is 2.97. The molecule has 0 N–H and O–H groups in total. The van der Waals surface area contributed by atoms with Gasteiger partial charge < -0.3 is 14.3 Å². The summed E-state index contributed by atoms with van der Waals surface area (Å²) in [5.41, 5.74) is 0.723. The third-order valence-corrected chi connectivity index (χ3v) is 3.39. The van der Waals surface area contributed by atoms with Crippen LogP contribution in [0.25, 0.3) is 0 Å².